The Morgan fingerprint density at radius 1 is 1.18 bits per heavy atom. The topological polar surface area (TPSA) is 48.9 Å². The Labute approximate surface area is 195 Å². The van der Waals surface area contributed by atoms with Crippen LogP contribution in [0.5, 0.6) is 5.75 Å². The van der Waals surface area contributed by atoms with E-state index in [0.717, 1.165) is 48.5 Å². The smallest absolute Gasteiger partial charge is 0.157 e. The number of anilines is 1. The van der Waals surface area contributed by atoms with Crippen molar-refractivity contribution < 1.29 is 13.5 Å². The van der Waals surface area contributed by atoms with Crippen molar-refractivity contribution in [2.45, 2.75) is 39.7 Å². The molecule has 0 amide bonds. The van der Waals surface area contributed by atoms with Crippen LogP contribution in [0.25, 0.3) is 11.1 Å². The highest BCUT2D eigenvalue weighted by Crippen LogP contribution is 2.35. The number of methoxy groups -OCH3 is 1. The fourth-order valence-corrected chi connectivity index (χ4v) is 4.00. The minimum Gasteiger partial charge on any atom is -0.496 e. The van der Waals surface area contributed by atoms with Gasteiger partial charge in [-0.05, 0) is 94.7 Å². The molecule has 1 saturated heterocycles. The normalized spacial score (nSPS) is 15.0. The minimum atomic E-state index is -0.639. The van der Waals surface area contributed by atoms with Gasteiger partial charge in [0.1, 0.15) is 17.4 Å². The number of halogens is 2. The molecule has 0 radical (unpaired) electrons. The number of rotatable bonds is 7. The first-order valence-electron chi connectivity index (χ1n) is 11.3. The molecule has 3 rings (SSSR count). The van der Waals surface area contributed by atoms with E-state index in [1.807, 2.05) is 20.8 Å². The van der Waals surface area contributed by atoms with Gasteiger partial charge in [-0.2, -0.15) is 0 Å². The fourth-order valence-electron chi connectivity index (χ4n) is 4.00. The van der Waals surface area contributed by atoms with Crippen molar-refractivity contribution in [3.63, 3.8) is 0 Å². The average Bonchev–Trinajstić information content (AvgIpc) is 2.79. The molecule has 2 aromatic rings. The van der Waals surface area contributed by atoms with Crippen molar-refractivity contribution in [2.75, 3.05) is 39.6 Å². The summed E-state index contributed by atoms with van der Waals surface area (Å²) >= 11 is 0. The molecule has 0 saturated carbocycles. The highest BCUT2D eigenvalue weighted by Gasteiger charge is 2.19. The summed E-state index contributed by atoms with van der Waals surface area (Å²) in [5.41, 5.74) is 3.19. The Morgan fingerprint density at radius 2 is 1.88 bits per heavy atom. The lowest BCUT2D eigenvalue weighted by Gasteiger charge is -2.30. The van der Waals surface area contributed by atoms with Crippen LogP contribution in [0, 0.1) is 18.6 Å². The first kappa shape index (κ1) is 24.7. The molecule has 2 N–H and O–H groups in total. The maximum absolute atomic E-state index is 15.0. The monoisotopic (exact) mass is 456 g/mol. The Morgan fingerprint density at radius 3 is 2.48 bits per heavy atom. The number of piperidine rings is 1. The van der Waals surface area contributed by atoms with Gasteiger partial charge in [0, 0.05) is 24.9 Å². The van der Waals surface area contributed by atoms with E-state index in [0.29, 0.717) is 17.4 Å². The summed E-state index contributed by atoms with van der Waals surface area (Å²) in [7, 11) is 5.29. The average molecular weight is 457 g/mol. The van der Waals surface area contributed by atoms with E-state index in [1.54, 1.807) is 32.5 Å². The quantitative estimate of drug-likeness (QED) is 0.552. The molecule has 0 aliphatic carbocycles. The molecule has 0 spiro atoms. The second-order valence-corrected chi connectivity index (χ2v) is 8.76. The van der Waals surface area contributed by atoms with Crippen LogP contribution in [0.15, 0.2) is 40.7 Å². The standard InChI is InChI=1S/C26H34F2N4O/c1-16(2)26(31-20-9-11-32(5)12-10-20)30-15-19-13-18(14-23(33-6)17(19)3)24-21(27)7-8-22(29-4)25(24)28/h7-8,13-15,20,29,31H,9-12H2,1-6H3/b30-15-. The third-order valence-electron chi connectivity index (χ3n) is 6.14. The van der Waals surface area contributed by atoms with Gasteiger partial charge in [0.15, 0.2) is 5.82 Å². The molecule has 1 aliphatic rings. The van der Waals surface area contributed by atoms with Gasteiger partial charge in [-0.15, -0.1) is 0 Å². The molecule has 0 unspecified atom stereocenters. The van der Waals surface area contributed by atoms with Crippen molar-refractivity contribution in [3.8, 4) is 16.9 Å². The Bertz CT molecular complexity index is 1050. The predicted octanol–water partition coefficient (Wildman–Crippen LogP) is 5.34. The Balaban J connectivity index is 1.98. The predicted molar refractivity (Wildman–Crippen MR) is 132 cm³/mol. The number of hydrogen-bond donors (Lipinski definition) is 2. The lowest BCUT2D eigenvalue weighted by molar-refractivity contribution is 0.241. The summed E-state index contributed by atoms with van der Waals surface area (Å²) in [6.45, 7) is 8.06. The van der Waals surface area contributed by atoms with Crippen LogP contribution < -0.4 is 15.4 Å². The lowest BCUT2D eigenvalue weighted by Crippen LogP contribution is -2.40. The first-order chi connectivity index (χ1) is 15.7. The van der Waals surface area contributed by atoms with Crippen molar-refractivity contribution in [1.82, 2.24) is 10.2 Å². The van der Waals surface area contributed by atoms with Crippen LogP contribution in [-0.4, -0.2) is 51.5 Å². The number of hydrogen-bond acceptors (Lipinski definition) is 5. The summed E-state index contributed by atoms with van der Waals surface area (Å²) in [5, 5.41) is 6.33. The molecular weight excluding hydrogens is 422 g/mol. The molecule has 0 atom stereocenters. The van der Waals surface area contributed by atoms with Crippen LogP contribution >= 0.6 is 0 Å². The van der Waals surface area contributed by atoms with E-state index in [-0.39, 0.29) is 11.3 Å². The van der Waals surface area contributed by atoms with Gasteiger partial charge in [-0.3, -0.25) is 0 Å². The van der Waals surface area contributed by atoms with E-state index >= 15 is 0 Å². The molecule has 7 heteroatoms. The number of ether oxygens (including phenoxy) is 1. The zero-order valence-electron chi connectivity index (χ0n) is 20.4. The number of allylic oxidation sites excluding steroid dienone is 1. The van der Waals surface area contributed by atoms with E-state index in [4.69, 9.17) is 9.73 Å². The molecule has 1 heterocycles. The largest absolute Gasteiger partial charge is 0.496 e. The van der Waals surface area contributed by atoms with Crippen LogP contribution in [0.2, 0.25) is 0 Å². The molecule has 1 aliphatic heterocycles. The number of likely N-dealkylation sites (tertiary alicyclic amines) is 1. The molecule has 1 fully saturated rings. The van der Waals surface area contributed by atoms with E-state index in [2.05, 4.69) is 22.6 Å². The summed E-state index contributed by atoms with van der Waals surface area (Å²) in [4.78, 5) is 7.06. The number of benzene rings is 2. The Hall–Kier alpha value is -2.93. The number of nitrogens with one attached hydrogen (secondary N) is 2. The van der Waals surface area contributed by atoms with Gasteiger partial charge in [-0.1, -0.05) is 0 Å². The molecule has 0 bridgehead atoms. The summed E-state index contributed by atoms with van der Waals surface area (Å²) < 4.78 is 35.2. The third-order valence-corrected chi connectivity index (χ3v) is 6.14. The van der Waals surface area contributed by atoms with Gasteiger partial charge < -0.3 is 20.3 Å². The second kappa shape index (κ2) is 10.8. The van der Waals surface area contributed by atoms with Crippen molar-refractivity contribution in [1.29, 1.82) is 0 Å². The molecule has 2 aromatic carbocycles. The Kier molecular flexibility index (Phi) is 8.08. The zero-order chi connectivity index (χ0) is 24.1. The maximum Gasteiger partial charge on any atom is 0.157 e. The van der Waals surface area contributed by atoms with Gasteiger partial charge in [0.2, 0.25) is 0 Å². The van der Waals surface area contributed by atoms with Crippen molar-refractivity contribution in [2.24, 2.45) is 4.99 Å². The van der Waals surface area contributed by atoms with Crippen LogP contribution in [0.4, 0.5) is 14.5 Å². The number of aliphatic imine (C=N–C) groups is 1. The SMILES string of the molecule is CNc1ccc(F)c(-c2cc(/C=N\C(NC3CCN(C)CC3)=C(C)C)c(C)c(OC)c2)c1F. The van der Waals surface area contributed by atoms with Crippen LogP contribution in [0.1, 0.15) is 37.8 Å². The van der Waals surface area contributed by atoms with Gasteiger partial charge in [-0.25, -0.2) is 13.8 Å². The van der Waals surface area contributed by atoms with E-state index in [1.165, 1.54) is 12.1 Å². The summed E-state index contributed by atoms with van der Waals surface area (Å²) in [5.74, 6) is 0.0990. The van der Waals surface area contributed by atoms with Gasteiger partial charge in [0.25, 0.3) is 0 Å². The van der Waals surface area contributed by atoms with Gasteiger partial charge in [0.05, 0.1) is 18.4 Å². The molecule has 5 nitrogen and oxygen atoms in total. The van der Waals surface area contributed by atoms with E-state index < -0.39 is 11.6 Å². The minimum absolute atomic E-state index is 0.0957. The molecule has 0 aromatic heterocycles. The zero-order valence-corrected chi connectivity index (χ0v) is 20.4. The first-order valence-corrected chi connectivity index (χ1v) is 11.3. The van der Waals surface area contributed by atoms with Crippen LogP contribution in [-0.2, 0) is 0 Å². The van der Waals surface area contributed by atoms with Crippen LogP contribution in [0.3, 0.4) is 0 Å². The van der Waals surface area contributed by atoms with E-state index in [9.17, 15) is 8.78 Å². The lowest BCUT2D eigenvalue weighted by atomic mass is 9.97. The molecule has 178 valence electrons. The highest BCUT2D eigenvalue weighted by molar-refractivity contribution is 5.87. The fraction of sp³-hybridized carbons (Fsp3) is 0.423. The third kappa shape index (κ3) is 5.71. The van der Waals surface area contributed by atoms with Crippen molar-refractivity contribution >= 4 is 11.9 Å². The summed E-state index contributed by atoms with van der Waals surface area (Å²) in [6.07, 6.45) is 3.86. The van der Waals surface area contributed by atoms with Crippen molar-refractivity contribution in [3.05, 3.63) is 58.4 Å². The second-order valence-electron chi connectivity index (χ2n) is 8.76. The molecular formula is C26H34F2N4O. The molecule has 33 heavy (non-hydrogen) atoms. The summed E-state index contributed by atoms with van der Waals surface area (Å²) in [6, 6.07) is 6.43. The number of nitrogens with zero attached hydrogens (tertiary/aromatic N) is 2. The maximum atomic E-state index is 15.0. The highest BCUT2D eigenvalue weighted by atomic mass is 19.1. The van der Waals surface area contributed by atoms with Gasteiger partial charge >= 0.3 is 0 Å².